The molecule has 0 amide bonds. The van der Waals surface area contributed by atoms with E-state index in [0.29, 0.717) is 0 Å². The first kappa shape index (κ1) is 20.8. The van der Waals surface area contributed by atoms with Crippen LogP contribution in [0.25, 0.3) is 14.4 Å². The van der Waals surface area contributed by atoms with E-state index in [9.17, 15) is 0 Å². The van der Waals surface area contributed by atoms with Crippen molar-refractivity contribution in [1.82, 2.24) is 0 Å². The number of hydrogen-bond donors (Lipinski definition) is 0. The second kappa shape index (κ2) is 7.84. The second-order valence-corrected chi connectivity index (χ2v) is 9.52. The minimum absolute atomic E-state index is 0. The molecule has 5 rings (SSSR count). The number of hydrogen-bond acceptors (Lipinski definition) is 0. The van der Waals surface area contributed by atoms with E-state index in [1.165, 1.54) is 82.9 Å². The Morgan fingerprint density at radius 3 is 2.31 bits per heavy atom. The minimum Gasteiger partial charge on any atom is -1.00 e. The minimum atomic E-state index is 0. The Morgan fingerprint density at radius 1 is 0.885 bits per heavy atom. The number of fused-ring (bicyclic) bond motifs is 2. The van der Waals surface area contributed by atoms with Crippen LogP contribution < -0.4 is 35.3 Å². The molecule has 0 saturated heterocycles. The van der Waals surface area contributed by atoms with Crippen molar-refractivity contribution in [1.29, 1.82) is 0 Å². The van der Waals surface area contributed by atoms with Crippen LogP contribution in [0.2, 0.25) is 0 Å². The van der Waals surface area contributed by atoms with Crippen LogP contribution in [-0.2, 0) is 24.7 Å². The van der Waals surface area contributed by atoms with Crippen molar-refractivity contribution in [2.75, 3.05) is 0 Å². The molecule has 0 aromatic heterocycles. The van der Waals surface area contributed by atoms with E-state index in [0.717, 1.165) is 10.9 Å². The maximum absolute atomic E-state index is 3.90. The van der Waals surface area contributed by atoms with Gasteiger partial charge in [-0.25, -0.2) is 0 Å². The monoisotopic (exact) mass is 583 g/mol. The van der Waals surface area contributed by atoms with E-state index in [2.05, 4.69) is 74.4 Å². The number of benzene rings is 2. The van der Waals surface area contributed by atoms with Gasteiger partial charge in [-0.3, -0.25) is 0 Å². The normalized spacial score (nSPS) is 15.9. The average Bonchev–Trinajstić information content (AvgIpc) is 3.18. The molecule has 26 heavy (non-hydrogen) atoms. The molecule has 0 aliphatic heterocycles. The van der Waals surface area contributed by atoms with Crippen LogP contribution in [0.5, 0.6) is 0 Å². The SMILES string of the molecule is Brc1ccc2c(c1)=c1cc(Br)c(=C3CC3)c(C3=CC=CC3)c1[C]=2[Zr+2].[Cl-].[Cl-]. The Kier molecular flexibility index (Phi) is 6.27. The molecule has 1 fully saturated rings. The summed E-state index contributed by atoms with van der Waals surface area (Å²) < 4.78 is 3.91. The van der Waals surface area contributed by atoms with E-state index >= 15 is 0 Å². The zero-order valence-corrected chi connectivity index (χ0v) is 20.8. The standard InChI is InChI=1S/C21H13Br2.2ClH.Zr/c22-15-8-7-14-9-18-17(16(14)10-15)11-19(23)21(13-5-6-13)20(18)12-3-1-2-4-12;;;/h1-3,7-8,10-11H,4-6H2;2*1H;/q;;;+2/p-2. The third-order valence-electron chi connectivity index (χ3n) is 5.02. The van der Waals surface area contributed by atoms with Crippen molar-refractivity contribution in [3.05, 3.63) is 83.4 Å². The predicted molar refractivity (Wildman–Crippen MR) is 102 cm³/mol. The molecule has 129 valence electrons. The molecule has 3 aliphatic rings. The van der Waals surface area contributed by atoms with Crippen LogP contribution in [0.1, 0.15) is 30.4 Å². The molecule has 0 N–H and O–H groups in total. The van der Waals surface area contributed by atoms with Gasteiger partial charge in [0.05, 0.1) is 0 Å². The van der Waals surface area contributed by atoms with E-state index < -0.39 is 0 Å². The molecule has 0 nitrogen and oxygen atoms in total. The fraction of sp³-hybridized carbons (Fsp3) is 0.143. The van der Waals surface area contributed by atoms with Gasteiger partial charge in [-0.15, -0.1) is 0 Å². The first-order chi connectivity index (χ1) is 11.6. The van der Waals surface area contributed by atoms with Crippen molar-refractivity contribution >= 4 is 46.3 Å². The molecule has 2 aromatic rings. The number of allylic oxidation sites excluding steroid dienone is 4. The van der Waals surface area contributed by atoms with Crippen LogP contribution in [0.15, 0.2) is 51.4 Å². The summed E-state index contributed by atoms with van der Waals surface area (Å²) in [4.78, 5) is 0. The third kappa shape index (κ3) is 3.22. The Hall–Kier alpha value is 0.0831. The van der Waals surface area contributed by atoms with Gasteiger partial charge in [0.25, 0.3) is 0 Å². The molecule has 0 unspecified atom stereocenters. The summed E-state index contributed by atoms with van der Waals surface area (Å²) >= 11 is 9.04. The molecule has 1 saturated carbocycles. The van der Waals surface area contributed by atoms with Crippen molar-refractivity contribution in [3.63, 3.8) is 0 Å². The summed E-state index contributed by atoms with van der Waals surface area (Å²) in [6.45, 7) is 0. The Morgan fingerprint density at radius 2 is 1.65 bits per heavy atom. The molecule has 2 aromatic carbocycles. The van der Waals surface area contributed by atoms with Crippen molar-refractivity contribution in [3.8, 4) is 0 Å². The van der Waals surface area contributed by atoms with Crippen LogP contribution >= 0.6 is 31.9 Å². The quantitative estimate of drug-likeness (QED) is 0.394. The van der Waals surface area contributed by atoms with Gasteiger partial charge >= 0.3 is 174 Å². The largest absolute Gasteiger partial charge is 1.00 e. The molecule has 0 heterocycles. The molecule has 0 radical (unpaired) electrons. The van der Waals surface area contributed by atoms with E-state index in [-0.39, 0.29) is 24.8 Å². The van der Waals surface area contributed by atoms with Gasteiger partial charge in [0.1, 0.15) is 0 Å². The molecule has 0 bridgehead atoms. The average molecular weight is 587 g/mol. The van der Waals surface area contributed by atoms with Crippen LogP contribution in [0, 0.1) is 10.4 Å². The topological polar surface area (TPSA) is 0 Å². The van der Waals surface area contributed by atoms with Crippen molar-refractivity contribution in [2.24, 2.45) is 0 Å². The summed E-state index contributed by atoms with van der Waals surface area (Å²) in [7, 11) is 0. The molecule has 0 spiro atoms. The summed E-state index contributed by atoms with van der Waals surface area (Å²) in [5.41, 5.74) is 6.03. The fourth-order valence-electron chi connectivity index (χ4n) is 3.83. The van der Waals surface area contributed by atoms with Crippen LogP contribution in [0.4, 0.5) is 0 Å². The third-order valence-corrected chi connectivity index (χ3v) is 7.41. The maximum atomic E-state index is 3.90. The number of halogens is 4. The van der Waals surface area contributed by atoms with E-state index in [1.54, 1.807) is 5.57 Å². The second-order valence-electron chi connectivity index (χ2n) is 6.52. The number of rotatable bonds is 1. The molecule has 3 aliphatic carbocycles. The molecule has 5 heteroatoms. The van der Waals surface area contributed by atoms with Gasteiger partial charge in [0, 0.05) is 0 Å². The van der Waals surface area contributed by atoms with Crippen LogP contribution in [-0.4, -0.2) is 0 Å². The Bertz CT molecular complexity index is 1200. The van der Waals surface area contributed by atoms with E-state index in [1.807, 2.05) is 0 Å². The summed E-state index contributed by atoms with van der Waals surface area (Å²) in [5, 5.41) is 5.63. The molecular formula is C21H13Br2Cl2Zr. The van der Waals surface area contributed by atoms with Gasteiger partial charge in [-0.05, 0) is 0 Å². The maximum Gasteiger partial charge on any atom is -1.00 e. The smallest absolute Gasteiger partial charge is 1.00 e. The Balaban J connectivity index is 0.000000980. The van der Waals surface area contributed by atoms with Gasteiger partial charge in [0.15, 0.2) is 0 Å². The summed E-state index contributed by atoms with van der Waals surface area (Å²) in [6.07, 6.45) is 10.3. The van der Waals surface area contributed by atoms with Gasteiger partial charge < -0.3 is 24.8 Å². The van der Waals surface area contributed by atoms with Crippen molar-refractivity contribution in [2.45, 2.75) is 19.3 Å². The zero-order valence-electron chi connectivity index (χ0n) is 13.7. The van der Waals surface area contributed by atoms with Crippen molar-refractivity contribution < 1.29 is 49.5 Å². The molecular weight excluding hydrogens is 574 g/mol. The van der Waals surface area contributed by atoms with E-state index in [4.69, 9.17) is 0 Å². The summed E-state index contributed by atoms with van der Waals surface area (Å²) in [5.74, 6) is 0. The summed E-state index contributed by atoms with van der Waals surface area (Å²) in [6, 6.07) is 9.06. The first-order valence-electron chi connectivity index (χ1n) is 8.12. The van der Waals surface area contributed by atoms with Gasteiger partial charge in [0.2, 0.25) is 0 Å². The zero-order chi connectivity index (χ0) is 16.4. The first-order valence-corrected chi connectivity index (χ1v) is 10.9. The molecule has 0 atom stereocenters. The predicted octanol–water partition coefficient (Wildman–Crippen LogP) is -1.19. The fourth-order valence-corrected chi connectivity index (χ4v) is 6.07. The van der Waals surface area contributed by atoms with Gasteiger partial charge in [-0.1, -0.05) is 0 Å². The van der Waals surface area contributed by atoms with Crippen LogP contribution in [0.3, 0.4) is 0 Å². The Labute approximate surface area is 196 Å². The van der Waals surface area contributed by atoms with Gasteiger partial charge in [-0.2, -0.15) is 0 Å².